The average molecular weight is 617 g/mol. The van der Waals surface area contributed by atoms with Gasteiger partial charge in [0.1, 0.15) is 0 Å². The molecule has 3 aromatic carbocycles. The number of nitrogens with one attached hydrogen (secondary N) is 1. The van der Waals surface area contributed by atoms with Gasteiger partial charge in [0.25, 0.3) is 11.8 Å². The van der Waals surface area contributed by atoms with E-state index in [4.69, 9.17) is 5.10 Å². The zero-order valence-electron chi connectivity index (χ0n) is 27.2. The van der Waals surface area contributed by atoms with Crippen molar-refractivity contribution in [2.45, 2.75) is 72.1 Å². The second kappa shape index (κ2) is 12.6. The van der Waals surface area contributed by atoms with Gasteiger partial charge in [-0.1, -0.05) is 57.0 Å². The third kappa shape index (κ3) is 5.19. The summed E-state index contributed by atoms with van der Waals surface area (Å²) in [4.78, 5) is 28.7. The molecular formula is C39H44N4O3. The minimum absolute atomic E-state index is 0.208. The third-order valence-electron chi connectivity index (χ3n) is 10.7. The van der Waals surface area contributed by atoms with Crippen LogP contribution in [0.2, 0.25) is 0 Å². The summed E-state index contributed by atoms with van der Waals surface area (Å²) in [5.41, 5.74) is 9.78. The number of fused-ring (bicyclic) bond motifs is 2. The summed E-state index contributed by atoms with van der Waals surface area (Å²) in [7, 11) is 0. The van der Waals surface area contributed by atoms with Crippen LogP contribution in [0.3, 0.4) is 0 Å². The number of aliphatic hydroxyl groups is 1. The van der Waals surface area contributed by atoms with Crippen molar-refractivity contribution in [1.82, 2.24) is 15.1 Å². The van der Waals surface area contributed by atoms with Gasteiger partial charge in [-0.25, -0.2) is 0 Å². The van der Waals surface area contributed by atoms with E-state index in [1.165, 1.54) is 16.0 Å². The van der Waals surface area contributed by atoms with Crippen molar-refractivity contribution < 1.29 is 14.7 Å². The van der Waals surface area contributed by atoms with Crippen LogP contribution in [0.25, 0.3) is 33.2 Å². The number of unbranched alkanes of at least 4 members (excludes halogenated alkanes) is 2. The van der Waals surface area contributed by atoms with Crippen molar-refractivity contribution in [3.63, 3.8) is 0 Å². The molecule has 1 saturated carbocycles. The summed E-state index contributed by atoms with van der Waals surface area (Å²) in [5.74, 6) is 1.29. The molecule has 4 aromatic rings. The van der Waals surface area contributed by atoms with Gasteiger partial charge in [-0.15, -0.1) is 5.10 Å². The summed E-state index contributed by atoms with van der Waals surface area (Å²) >= 11 is 0. The number of aromatic nitrogens is 2. The predicted octanol–water partition coefficient (Wildman–Crippen LogP) is 7.61. The van der Waals surface area contributed by atoms with Crippen LogP contribution in [-0.2, 0) is 12.8 Å². The average Bonchev–Trinajstić information content (AvgIpc) is 3.74. The van der Waals surface area contributed by atoms with Gasteiger partial charge in [0, 0.05) is 52.8 Å². The molecule has 0 saturated heterocycles. The SMILES string of the molecule is CCCCNc1ccc2c3c(ccc(-c4ccc(-c5nnc(C)c6c5CC[C@@H]5[C@H](CO)[C@@H]5CC6)cc4)c13)C(=O)N(CCCC)C2=O. The van der Waals surface area contributed by atoms with E-state index in [2.05, 4.69) is 55.5 Å². The highest BCUT2D eigenvalue weighted by Crippen LogP contribution is 2.53. The maximum absolute atomic E-state index is 13.6. The van der Waals surface area contributed by atoms with E-state index >= 15 is 0 Å². The first-order valence-electron chi connectivity index (χ1n) is 17.2. The lowest BCUT2D eigenvalue weighted by molar-refractivity contribution is 0.0608. The Morgan fingerprint density at radius 2 is 1.41 bits per heavy atom. The van der Waals surface area contributed by atoms with Gasteiger partial charge in [0.05, 0.1) is 11.4 Å². The molecule has 46 heavy (non-hydrogen) atoms. The maximum atomic E-state index is 13.6. The van der Waals surface area contributed by atoms with Crippen molar-refractivity contribution in [3.8, 4) is 22.4 Å². The number of carbonyl (C=O) groups is 2. The number of amides is 2. The Hall–Kier alpha value is -4.10. The van der Waals surface area contributed by atoms with Crippen LogP contribution in [0.1, 0.15) is 89.9 Å². The van der Waals surface area contributed by atoms with Crippen molar-refractivity contribution in [2.75, 3.05) is 25.0 Å². The fraction of sp³-hybridized carbons (Fsp3) is 0.436. The molecule has 3 aliphatic rings. The Labute approximate surface area is 271 Å². The van der Waals surface area contributed by atoms with Crippen LogP contribution < -0.4 is 5.32 Å². The Bertz CT molecular complexity index is 1790. The predicted molar refractivity (Wildman–Crippen MR) is 183 cm³/mol. The molecule has 1 fully saturated rings. The van der Waals surface area contributed by atoms with E-state index in [-0.39, 0.29) is 11.8 Å². The first-order valence-corrected chi connectivity index (χ1v) is 17.2. The zero-order valence-corrected chi connectivity index (χ0v) is 27.2. The zero-order chi connectivity index (χ0) is 31.9. The fourth-order valence-corrected chi connectivity index (χ4v) is 8.06. The van der Waals surface area contributed by atoms with Crippen molar-refractivity contribution >= 4 is 28.3 Å². The molecule has 0 spiro atoms. The molecule has 3 atom stereocenters. The molecule has 7 rings (SSSR count). The van der Waals surface area contributed by atoms with Gasteiger partial charge in [0.2, 0.25) is 0 Å². The molecule has 0 unspecified atom stereocenters. The standard InChI is InChI=1S/C39H44N4O3/c1-4-6-20-40-34-19-18-32-35-31(38(45)43(39(32)46)21-7-5-2)17-13-27(36(34)35)24-8-10-25(11-9-24)37-30-16-15-29-28(33(29)22-44)14-12-26(30)23(3)41-42-37/h8-11,13,17-19,28-29,33,40,44H,4-7,12,14-16,20-22H2,1-3H3/t28-,29+,33-/m1/s1. The summed E-state index contributed by atoms with van der Waals surface area (Å²) < 4.78 is 0. The lowest BCUT2D eigenvalue weighted by Crippen LogP contribution is -2.40. The van der Waals surface area contributed by atoms with Gasteiger partial charge in [-0.2, -0.15) is 5.10 Å². The Morgan fingerprint density at radius 3 is 2.09 bits per heavy atom. The number of carbonyl (C=O) groups excluding carboxylic acids is 2. The number of rotatable bonds is 10. The molecule has 7 nitrogen and oxygen atoms in total. The van der Waals surface area contributed by atoms with Crippen LogP contribution in [0.15, 0.2) is 48.5 Å². The summed E-state index contributed by atoms with van der Waals surface area (Å²) in [6.45, 7) is 7.84. The molecule has 2 heterocycles. The van der Waals surface area contributed by atoms with E-state index in [9.17, 15) is 14.7 Å². The number of hydrogen-bond donors (Lipinski definition) is 2. The second-order valence-corrected chi connectivity index (χ2v) is 13.4. The third-order valence-corrected chi connectivity index (χ3v) is 10.7. The fourth-order valence-electron chi connectivity index (χ4n) is 8.06. The number of benzene rings is 3. The molecule has 238 valence electrons. The molecule has 2 amide bonds. The maximum Gasteiger partial charge on any atom is 0.261 e. The Balaban J connectivity index is 1.29. The van der Waals surface area contributed by atoms with Gasteiger partial charge >= 0.3 is 0 Å². The monoisotopic (exact) mass is 616 g/mol. The van der Waals surface area contributed by atoms with Gasteiger partial charge < -0.3 is 10.4 Å². The summed E-state index contributed by atoms with van der Waals surface area (Å²) in [6, 6.07) is 16.4. The lowest BCUT2D eigenvalue weighted by Gasteiger charge is -2.29. The lowest BCUT2D eigenvalue weighted by atomic mass is 9.87. The van der Waals surface area contributed by atoms with Crippen LogP contribution >= 0.6 is 0 Å². The molecule has 7 heteroatoms. The molecular weight excluding hydrogens is 572 g/mol. The van der Waals surface area contributed by atoms with E-state index in [0.717, 1.165) is 102 Å². The van der Waals surface area contributed by atoms with E-state index < -0.39 is 0 Å². The normalized spacial score (nSPS) is 20.3. The number of aryl methyl sites for hydroxylation is 1. The minimum Gasteiger partial charge on any atom is -0.396 e. The Morgan fingerprint density at radius 1 is 0.783 bits per heavy atom. The molecule has 2 N–H and O–H groups in total. The molecule has 0 bridgehead atoms. The van der Waals surface area contributed by atoms with E-state index in [0.29, 0.717) is 42.0 Å². The Kier molecular flexibility index (Phi) is 8.36. The van der Waals surface area contributed by atoms with Gasteiger partial charge in [-0.05, 0) is 104 Å². The first kappa shape index (κ1) is 30.5. The molecule has 0 radical (unpaired) electrons. The number of imide groups is 1. The first-order chi connectivity index (χ1) is 22.5. The smallest absolute Gasteiger partial charge is 0.261 e. The highest BCUT2D eigenvalue weighted by atomic mass is 16.3. The highest BCUT2D eigenvalue weighted by Gasteiger charge is 2.49. The summed E-state index contributed by atoms with van der Waals surface area (Å²) in [5, 5.41) is 24.4. The number of nitrogens with zero attached hydrogens (tertiary/aromatic N) is 3. The van der Waals surface area contributed by atoms with Gasteiger partial charge in [0.15, 0.2) is 0 Å². The van der Waals surface area contributed by atoms with Crippen molar-refractivity contribution in [2.24, 2.45) is 17.8 Å². The molecule has 2 aliphatic carbocycles. The number of hydrogen-bond acceptors (Lipinski definition) is 6. The minimum atomic E-state index is -0.208. The van der Waals surface area contributed by atoms with Crippen molar-refractivity contribution in [1.29, 1.82) is 0 Å². The quantitative estimate of drug-likeness (QED) is 0.141. The number of anilines is 1. The topological polar surface area (TPSA) is 95.4 Å². The van der Waals surface area contributed by atoms with Crippen LogP contribution in [0, 0.1) is 24.7 Å². The largest absolute Gasteiger partial charge is 0.396 e. The van der Waals surface area contributed by atoms with Gasteiger partial charge in [-0.3, -0.25) is 14.5 Å². The van der Waals surface area contributed by atoms with E-state index in [1.807, 2.05) is 24.3 Å². The van der Waals surface area contributed by atoms with E-state index in [1.54, 1.807) is 0 Å². The summed E-state index contributed by atoms with van der Waals surface area (Å²) in [6.07, 6.45) is 7.93. The van der Waals surface area contributed by atoms with Crippen LogP contribution in [0.5, 0.6) is 0 Å². The number of aliphatic hydroxyl groups excluding tert-OH is 1. The molecule has 1 aliphatic heterocycles. The highest BCUT2D eigenvalue weighted by molar-refractivity contribution is 6.28. The molecule has 1 aromatic heterocycles. The van der Waals surface area contributed by atoms with Crippen molar-refractivity contribution in [3.05, 3.63) is 76.5 Å². The van der Waals surface area contributed by atoms with Crippen LogP contribution in [-0.4, -0.2) is 51.7 Å². The second-order valence-electron chi connectivity index (χ2n) is 13.4. The van der Waals surface area contributed by atoms with Crippen LogP contribution in [0.4, 0.5) is 5.69 Å².